The average molecular weight is 484 g/mol. The Balaban J connectivity index is 1.74. The summed E-state index contributed by atoms with van der Waals surface area (Å²) in [6.45, 7) is 0. The number of rotatable bonds is 6. The number of fused-ring (bicyclic) bond motifs is 1. The first-order valence-electron chi connectivity index (χ1n) is 9.60. The largest absolute Gasteiger partial charge is 0.497 e. The Bertz CT molecular complexity index is 1470. The Kier molecular flexibility index (Phi) is 6.19. The fourth-order valence-corrected chi connectivity index (χ4v) is 3.85. The monoisotopic (exact) mass is 483 g/mol. The van der Waals surface area contributed by atoms with E-state index < -0.39 is 15.9 Å². The topological polar surface area (TPSA) is 121 Å². The summed E-state index contributed by atoms with van der Waals surface area (Å²) >= 11 is 6.30. The van der Waals surface area contributed by atoms with Gasteiger partial charge in [-0.25, -0.2) is 18.5 Å². The molecule has 0 radical (unpaired) electrons. The molecule has 0 aliphatic heterocycles. The fourth-order valence-electron chi connectivity index (χ4n) is 3.08. The van der Waals surface area contributed by atoms with Crippen molar-refractivity contribution in [3.05, 3.63) is 83.4 Å². The lowest BCUT2D eigenvalue weighted by Gasteiger charge is -2.14. The third-order valence-electron chi connectivity index (χ3n) is 4.70. The number of primary sulfonamides is 1. The molecule has 0 atom stereocenters. The zero-order valence-corrected chi connectivity index (χ0v) is 18.9. The van der Waals surface area contributed by atoms with Crippen molar-refractivity contribution >= 4 is 44.1 Å². The summed E-state index contributed by atoms with van der Waals surface area (Å²) in [4.78, 5) is 17.5. The SMILES string of the molecule is COc1ccc(Oc2nc3ccccc3cc2C(=O)Nc2cccc(S(N)(=O)=O)c2)c(Cl)c1. The van der Waals surface area contributed by atoms with Gasteiger partial charge in [0.25, 0.3) is 5.91 Å². The van der Waals surface area contributed by atoms with Crippen LogP contribution in [-0.2, 0) is 10.0 Å². The molecule has 0 saturated heterocycles. The molecule has 4 rings (SSSR count). The normalized spacial score (nSPS) is 11.2. The highest BCUT2D eigenvalue weighted by Gasteiger charge is 2.19. The van der Waals surface area contributed by atoms with E-state index in [9.17, 15) is 13.2 Å². The van der Waals surface area contributed by atoms with Crippen LogP contribution in [0, 0.1) is 0 Å². The minimum Gasteiger partial charge on any atom is -0.497 e. The van der Waals surface area contributed by atoms with Crippen LogP contribution in [0.3, 0.4) is 0 Å². The molecule has 1 aromatic heterocycles. The maximum atomic E-state index is 13.2. The minimum atomic E-state index is -3.93. The van der Waals surface area contributed by atoms with Gasteiger partial charge in [-0.2, -0.15) is 0 Å². The minimum absolute atomic E-state index is 0.0286. The van der Waals surface area contributed by atoms with Gasteiger partial charge in [0, 0.05) is 17.1 Å². The van der Waals surface area contributed by atoms with Gasteiger partial charge in [-0.15, -0.1) is 0 Å². The number of carbonyl (C=O) groups excluding carboxylic acids is 1. The van der Waals surface area contributed by atoms with Gasteiger partial charge < -0.3 is 14.8 Å². The number of hydrogen-bond donors (Lipinski definition) is 2. The van der Waals surface area contributed by atoms with Crippen LogP contribution in [0.1, 0.15) is 10.4 Å². The number of ether oxygens (including phenoxy) is 2. The third-order valence-corrected chi connectivity index (χ3v) is 5.91. The predicted molar refractivity (Wildman–Crippen MR) is 126 cm³/mol. The van der Waals surface area contributed by atoms with E-state index >= 15 is 0 Å². The van der Waals surface area contributed by atoms with Crippen LogP contribution in [0.4, 0.5) is 5.69 Å². The van der Waals surface area contributed by atoms with Gasteiger partial charge >= 0.3 is 0 Å². The average Bonchev–Trinajstić information content (AvgIpc) is 2.79. The molecule has 0 bridgehead atoms. The van der Waals surface area contributed by atoms with Gasteiger partial charge in [-0.3, -0.25) is 4.79 Å². The van der Waals surface area contributed by atoms with Gasteiger partial charge in [-0.05, 0) is 42.5 Å². The van der Waals surface area contributed by atoms with Crippen molar-refractivity contribution in [1.82, 2.24) is 4.98 Å². The molecule has 10 heteroatoms. The second kappa shape index (κ2) is 9.07. The van der Waals surface area contributed by atoms with Crippen molar-refractivity contribution in [2.75, 3.05) is 12.4 Å². The molecular formula is C23H18ClN3O5S. The number of benzene rings is 3. The van der Waals surface area contributed by atoms with E-state index in [1.165, 1.54) is 25.3 Å². The number of hydrogen-bond acceptors (Lipinski definition) is 6. The summed E-state index contributed by atoms with van der Waals surface area (Å²) in [6.07, 6.45) is 0. The van der Waals surface area contributed by atoms with E-state index in [-0.39, 0.29) is 32.8 Å². The molecule has 1 heterocycles. The van der Waals surface area contributed by atoms with E-state index in [0.29, 0.717) is 16.7 Å². The number of para-hydroxylation sites is 1. The van der Waals surface area contributed by atoms with E-state index in [1.54, 1.807) is 36.4 Å². The van der Waals surface area contributed by atoms with Gasteiger partial charge in [-0.1, -0.05) is 35.9 Å². The first kappa shape index (κ1) is 22.5. The van der Waals surface area contributed by atoms with Crippen molar-refractivity contribution in [1.29, 1.82) is 0 Å². The van der Waals surface area contributed by atoms with Crippen LogP contribution in [0.15, 0.2) is 77.7 Å². The molecule has 0 unspecified atom stereocenters. The highest BCUT2D eigenvalue weighted by molar-refractivity contribution is 7.89. The van der Waals surface area contributed by atoms with Crippen molar-refractivity contribution in [3.63, 3.8) is 0 Å². The summed E-state index contributed by atoms with van der Waals surface area (Å²) < 4.78 is 34.3. The predicted octanol–water partition coefficient (Wildman–Crippen LogP) is 4.59. The third kappa shape index (κ3) is 5.06. The second-order valence-electron chi connectivity index (χ2n) is 6.96. The van der Waals surface area contributed by atoms with E-state index in [0.717, 1.165) is 0 Å². The first-order valence-corrected chi connectivity index (χ1v) is 11.5. The smallest absolute Gasteiger partial charge is 0.261 e. The number of sulfonamides is 1. The molecule has 168 valence electrons. The second-order valence-corrected chi connectivity index (χ2v) is 8.93. The molecular weight excluding hydrogens is 466 g/mol. The lowest BCUT2D eigenvalue weighted by atomic mass is 10.1. The fraction of sp³-hybridized carbons (Fsp3) is 0.0435. The Morgan fingerprint density at radius 3 is 2.55 bits per heavy atom. The van der Waals surface area contributed by atoms with E-state index in [4.69, 9.17) is 26.2 Å². The zero-order chi connectivity index (χ0) is 23.6. The van der Waals surface area contributed by atoms with Crippen LogP contribution in [0.25, 0.3) is 10.9 Å². The van der Waals surface area contributed by atoms with Crippen LogP contribution in [-0.4, -0.2) is 26.4 Å². The van der Waals surface area contributed by atoms with Crippen molar-refractivity contribution in [3.8, 4) is 17.4 Å². The molecule has 0 aliphatic carbocycles. The Labute approximate surface area is 195 Å². The van der Waals surface area contributed by atoms with Crippen molar-refractivity contribution in [2.24, 2.45) is 5.14 Å². The number of carbonyl (C=O) groups is 1. The van der Waals surface area contributed by atoms with Crippen LogP contribution >= 0.6 is 11.6 Å². The summed E-state index contributed by atoms with van der Waals surface area (Å²) in [6, 6.07) is 19.3. The van der Waals surface area contributed by atoms with Gasteiger partial charge in [0.1, 0.15) is 17.1 Å². The standard InChI is InChI=1S/C23H18ClN3O5S/c1-31-16-9-10-21(19(24)13-16)32-23-18(11-14-5-2-3-8-20(14)27-23)22(28)26-15-6-4-7-17(12-15)33(25,29)30/h2-13H,1H3,(H,26,28)(H2,25,29,30). The Hall–Kier alpha value is -3.66. The van der Waals surface area contributed by atoms with Crippen LogP contribution < -0.4 is 19.9 Å². The molecule has 0 aliphatic rings. The number of aromatic nitrogens is 1. The number of anilines is 1. The van der Waals surface area contributed by atoms with Crippen LogP contribution in [0.5, 0.6) is 17.4 Å². The number of nitrogens with zero attached hydrogens (tertiary/aromatic N) is 1. The highest BCUT2D eigenvalue weighted by Crippen LogP contribution is 2.34. The maximum absolute atomic E-state index is 13.2. The highest BCUT2D eigenvalue weighted by atomic mass is 35.5. The summed E-state index contributed by atoms with van der Waals surface area (Å²) in [7, 11) is -2.41. The Morgan fingerprint density at radius 1 is 1.03 bits per heavy atom. The summed E-state index contributed by atoms with van der Waals surface area (Å²) in [5.74, 6) is 0.303. The lowest BCUT2D eigenvalue weighted by molar-refractivity contribution is 0.102. The molecule has 0 spiro atoms. The molecule has 3 N–H and O–H groups in total. The maximum Gasteiger partial charge on any atom is 0.261 e. The Morgan fingerprint density at radius 2 is 1.82 bits per heavy atom. The number of amides is 1. The van der Waals surface area contributed by atoms with Crippen LogP contribution in [0.2, 0.25) is 5.02 Å². The van der Waals surface area contributed by atoms with Gasteiger partial charge in [0.05, 0.1) is 22.5 Å². The molecule has 3 aromatic carbocycles. The molecule has 1 amide bonds. The number of nitrogens with two attached hydrogens (primary N) is 1. The number of halogens is 1. The summed E-state index contributed by atoms with van der Waals surface area (Å²) in [5, 5.41) is 8.84. The van der Waals surface area contributed by atoms with E-state index in [2.05, 4.69) is 10.3 Å². The van der Waals surface area contributed by atoms with Gasteiger partial charge in [0.15, 0.2) is 0 Å². The first-order chi connectivity index (χ1) is 15.7. The van der Waals surface area contributed by atoms with Crippen molar-refractivity contribution < 1.29 is 22.7 Å². The molecule has 0 saturated carbocycles. The number of nitrogens with one attached hydrogen (secondary N) is 1. The summed E-state index contributed by atoms with van der Waals surface area (Å²) in [5.41, 5.74) is 0.986. The van der Waals surface area contributed by atoms with Crippen molar-refractivity contribution in [2.45, 2.75) is 4.90 Å². The molecule has 0 fully saturated rings. The molecule has 33 heavy (non-hydrogen) atoms. The number of pyridine rings is 1. The van der Waals surface area contributed by atoms with Gasteiger partial charge in [0.2, 0.25) is 15.9 Å². The molecule has 8 nitrogen and oxygen atoms in total. The number of methoxy groups -OCH3 is 1. The lowest BCUT2D eigenvalue weighted by Crippen LogP contribution is -2.16. The quantitative estimate of drug-likeness (QED) is 0.414. The molecule has 4 aromatic rings. The zero-order valence-electron chi connectivity index (χ0n) is 17.3. The van der Waals surface area contributed by atoms with E-state index in [1.807, 2.05) is 18.2 Å².